The largest absolute Gasteiger partial charge is 0.338 e. The molecule has 0 aliphatic rings. The number of nitrogens with zero attached hydrogens (tertiary/aromatic N) is 4. The Hall–Kier alpha value is -2.55. The van der Waals surface area contributed by atoms with Crippen LogP contribution in [0.25, 0.3) is 11.5 Å². The summed E-state index contributed by atoms with van der Waals surface area (Å²) >= 11 is 0. The molecule has 0 saturated heterocycles. The highest BCUT2D eigenvalue weighted by Crippen LogP contribution is 2.27. The molecule has 1 atom stereocenters. The number of sulfone groups is 1. The Morgan fingerprint density at radius 1 is 1.04 bits per heavy atom. The highest BCUT2D eigenvalue weighted by Gasteiger charge is 2.32. The van der Waals surface area contributed by atoms with E-state index in [0.29, 0.717) is 5.82 Å². The van der Waals surface area contributed by atoms with Crippen LogP contribution in [0.15, 0.2) is 33.3 Å². The second kappa shape index (κ2) is 6.88. The van der Waals surface area contributed by atoms with Crippen LogP contribution in [-0.4, -0.2) is 28.7 Å². The van der Waals surface area contributed by atoms with Crippen molar-refractivity contribution in [1.82, 2.24) is 20.3 Å². The second-order valence-electron chi connectivity index (χ2n) is 7.54. The average molecular weight is 390 g/mol. The van der Waals surface area contributed by atoms with Crippen LogP contribution in [0, 0.1) is 6.92 Å². The minimum absolute atomic E-state index is 0.0576. The predicted molar refractivity (Wildman–Crippen MR) is 98.5 cm³/mol. The maximum atomic E-state index is 12.7. The molecule has 3 rings (SSSR count). The van der Waals surface area contributed by atoms with Gasteiger partial charge in [0.15, 0.2) is 21.5 Å². The topological polar surface area (TPSA) is 112 Å². The summed E-state index contributed by atoms with van der Waals surface area (Å²) < 4.78 is 35.8. The first kappa shape index (κ1) is 19.2. The molecule has 0 fully saturated rings. The molecule has 9 heteroatoms. The van der Waals surface area contributed by atoms with Gasteiger partial charge in [0.2, 0.25) is 5.89 Å². The number of hydrogen-bond acceptors (Lipinski definition) is 8. The van der Waals surface area contributed by atoms with Crippen molar-refractivity contribution in [3.63, 3.8) is 0 Å². The van der Waals surface area contributed by atoms with E-state index in [9.17, 15) is 8.42 Å². The number of aryl methyl sites for hydroxylation is 1. The second-order valence-corrected chi connectivity index (χ2v) is 9.86. The van der Waals surface area contributed by atoms with Crippen LogP contribution in [0.2, 0.25) is 0 Å². The van der Waals surface area contributed by atoms with Gasteiger partial charge in [-0.2, -0.15) is 9.97 Å². The third-order valence-electron chi connectivity index (χ3n) is 4.10. The Morgan fingerprint density at radius 2 is 1.70 bits per heavy atom. The van der Waals surface area contributed by atoms with Crippen molar-refractivity contribution in [2.75, 3.05) is 0 Å². The van der Waals surface area contributed by atoms with Gasteiger partial charge in [-0.1, -0.05) is 48.8 Å². The van der Waals surface area contributed by atoms with Gasteiger partial charge in [0.05, 0.1) is 0 Å². The Kier molecular flexibility index (Phi) is 4.90. The lowest BCUT2D eigenvalue weighted by atomic mass is 9.96. The van der Waals surface area contributed by atoms with Crippen LogP contribution in [0.1, 0.15) is 56.0 Å². The van der Waals surface area contributed by atoms with E-state index >= 15 is 0 Å². The molecule has 0 aliphatic heterocycles. The third kappa shape index (κ3) is 4.24. The van der Waals surface area contributed by atoms with Gasteiger partial charge in [0.1, 0.15) is 11.0 Å². The lowest BCUT2D eigenvalue weighted by Crippen LogP contribution is -2.16. The van der Waals surface area contributed by atoms with Gasteiger partial charge in [-0.25, -0.2) is 8.42 Å². The van der Waals surface area contributed by atoms with Crippen molar-refractivity contribution in [2.24, 2.45) is 0 Å². The summed E-state index contributed by atoms with van der Waals surface area (Å²) in [6, 6.07) is 7.52. The third-order valence-corrected chi connectivity index (χ3v) is 6.04. The highest BCUT2D eigenvalue weighted by atomic mass is 32.2. The molecule has 0 saturated carbocycles. The molecular weight excluding hydrogens is 368 g/mol. The van der Waals surface area contributed by atoms with Gasteiger partial charge < -0.3 is 9.05 Å². The van der Waals surface area contributed by atoms with Crippen molar-refractivity contribution in [3.05, 3.63) is 47.4 Å². The Morgan fingerprint density at radius 3 is 2.30 bits per heavy atom. The molecule has 0 radical (unpaired) electrons. The van der Waals surface area contributed by atoms with Crippen molar-refractivity contribution >= 4 is 9.84 Å². The lowest BCUT2D eigenvalue weighted by molar-refractivity contribution is 0.361. The molecule has 3 aromatic rings. The van der Waals surface area contributed by atoms with Crippen LogP contribution >= 0.6 is 0 Å². The van der Waals surface area contributed by atoms with E-state index < -0.39 is 15.1 Å². The average Bonchev–Trinajstić information content (AvgIpc) is 3.23. The maximum absolute atomic E-state index is 12.7. The molecule has 0 N–H and O–H groups in total. The number of benzene rings is 1. The summed E-state index contributed by atoms with van der Waals surface area (Å²) in [4.78, 5) is 8.42. The summed E-state index contributed by atoms with van der Waals surface area (Å²) in [5.74, 6) is 0.508. The predicted octanol–water partition coefficient (Wildman–Crippen LogP) is 3.40. The fraction of sp³-hybridized carbons (Fsp3) is 0.444. The van der Waals surface area contributed by atoms with Crippen molar-refractivity contribution in [3.8, 4) is 11.5 Å². The minimum atomic E-state index is -3.66. The van der Waals surface area contributed by atoms with Crippen molar-refractivity contribution in [1.29, 1.82) is 0 Å². The molecule has 1 unspecified atom stereocenters. The fourth-order valence-corrected chi connectivity index (χ4v) is 3.42. The van der Waals surface area contributed by atoms with E-state index in [2.05, 4.69) is 20.3 Å². The van der Waals surface area contributed by atoms with E-state index in [4.69, 9.17) is 9.05 Å². The Bertz CT molecular complexity index is 1030. The summed E-state index contributed by atoms with van der Waals surface area (Å²) in [7, 11) is -3.66. The Balaban J connectivity index is 1.78. The van der Waals surface area contributed by atoms with Crippen molar-refractivity contribution in [2.45, 2.75) is 51.0 Å². The van der Waals surface area contributed by atoms with Gasteiger partial charge >= 0.3 is 0 Å². The van der Waals surface area contributed by atoms with Gasteiger partial charge in [0, 0.05) is 11.0 Å². The summed E-state index contributed by atoms with van der Waals surface area (Å²) in [6.07, 6.45) is 0. The van der Waals surface area contributed by atoms with E-state index in [1.54, 1.807) is 0 Å². The first-order valence-electron chi connectivity index (χ1n) is 8.51. The van der Waals surface area contributed by atoms with Gasteiger partial charge in [-0.15, -0.1) is 0 Å². The molecule has 144 valence electrons. The van der Waals surface area contributed by atoms with Gasteiger partial charge in [-0.3, -0.25) is 0 Å². The minimum Gasteiger partial charge on any atom is -0.338 e. The molecule has 1 aromatic carbocycles. The van der Waals surface area contributed by atoms with Gasteiger partial charge in [0.25, 0.3) is 5.89 Å². The lowest BCUT2D eigenvalue weighted by Gasteiger charge is -2.11. The van der Waals surface area contributed by atoms with Gasteiger partial charge in [-0.05, 0) is 26.0 Å². The number of hydrogen-bond donors (Lipinski definition) is 0. The van der Waals surface area contributed by atoms with E-state index in [1.165, 1.54) is 6.92 Å². The normalized spacial score (nSPS) is 13.7. The van der Waals surface area contributed by atoms with Crippen LogP contribution in [0.4, 0.5) is 0 Å². The molecule has 27 heavy (non-hydrogen) atoms. The fourth-order valence-electron chi connectivity index (χ4n) is 2.29. The van der Waals surface area contributed by atoms with E-state index in [1.807, 2.05) is 52.0 Å². The number of rotatable bonds is 5. The zero-order valence-electron chi connectivity index (χ0n) is 15.9. The first-order valence-corrected chi connectivity index (χ1v) is 10.2. The zero-order chi connectivity index (χ0) is 19.8. The summed E-state index contributed by atoms with van der Waals surface area (Å²) in [5.41, 5.74) is 1.50. The highest BCUT2D eigenvalue weighted by molar-refractivity contribution is 7.90. The molecular formula is C18H22N4O4S. The van der Waals surface area contributed by atoms with Crippen LogP contribution in [0.3, 0.4) is 0 Å². The maximum Gasteiger partial charge on any atom is 0.257 e. The van der Waals surface area contributed by atoms with E-state index in [-0.39, 0.29) is 28.8 Å². The molecule has 0 amide bonds. The van der Waals surface area contributed by atoms with Crippen molar-refractivity contribution < 1.29 is 17.5 Å². The Labute approximate surface area is 157 Å². The first-order chi connectivity index (χ1) is 12.6. The van der Waals surface area contributed by atoms with Crippen LogP contribution < -0.4 is 0 Å². The zero-order valence-corrected chi connectivity index (χ0v) is 16.7. The smallest absolute Gasteiger partial charge is 0.257 e. The monoisotopic (exact) mass is 390 g/mol. The summed E-state index contributed by atoms with van der Waals surface area (Å²) in [6.45, 7) is 9.25. The number of aromatic nitrogens is 4. The van der Waals surface area contributed by atoms with Crippen LogP contribution in [0.5, 0.6) is 0 Å². The molecule has 2 aromatic heterocycles. The van der Waals surface area contributed by atoms with E-state index in [0.717, 1.165) is 11.1 Å². The molecule has 8 nitrogen and oxygen atoms in total. The molecule has 2 heterocycles. The molecule has 0 bridgehead atoms. The van der Waals surface area contributed by atoms with Crippen LogP contribution in [-0.2, 0) is 21.0 Å². The molecule has 0 spiro atoms. The summed E-state index contributed by atoms with van der Waals surface area (Å²) in [5, 5.41) is 6.70. The molecule has 0 aliphatic carbocycles. The SMILES string of the molecule is Cc1ccc(-c2nc(CS(=O)(=O)C(C)c3nc(C(C)(C)C)no3)no2)cc1. The quantitative estimate of drug-likeness (QED) is 0.651. The standard InChI is InChI=1S/C18H22N4O4S/c1-11-6-8-13(9-7-11)16-19-14(21-26-16)10-27(23,24)12(2)15-20-17(22-25-15)18(3,4)5/h6-9,12H,10H2,1-5H3.